The van der Waals surface area contributed by atoms with E-state index in [0.717, 1.165) is 5.75 Å². The number of benzene rings is 1. The van der Waals surface area contributed by atoms with Crippen LogP contribution in [0.1, 0.15) is 0 Å². The molecule has 1 aromatic carbocycles. The SMILES string of the molecule is Nc1cccc(OCCOC2COC2)c1. The van der Waals surface area contributed by atoms with Gasteiger partial charge < -0.3 is 19.9 Å². The molecule has 0 bridgehead atoms. The third-order valence-corrected chi connectivity index (χ3v) is 2.17. The topological polar surface area (TPSA) is 53.7 Å². The van der Waals surface area contributed by atoms with Crippen LogP contribution in [0.3, 0.4) is 0 Å². The summed E-state index contributed by atoms with van der Waals surface area (Å²) in [6.07, 6.45) is 0.259. The van der Waals surface area contributed by atoms with Gasteiger partial charge in [0.25, 0.3) is 0 Å². The van der Waals surface area contributed by atoms with Gasteiger partial charge in [0.1, 0.15) is 18.5 Å². The lowest BCUT2D eigenvalue weighted by Gasteiger charge is -2.25. The predicted octanol–water partition coefficient (Wildman–Crippen LogP) is 1.06. The Hall–Kier alpha value is -1.26. The van der Waals surface area contributed by atoms with Gasteiger partial charge in [0.05, 0.1) is 19.8 Å². The van der Waals surface area contributed by atoms with Crippen LogP contribution in [0.4, 0.5) is 5.69 Å². The molecule has 0 atom stereocenters. The molecular weight excluding hydrogens is 194 g/mol. The summed E-state index contributed by atoms with van der Waals surface area (Å²) in [5, 5.41) is 0. The fourth-order valence-electron chi connectivity index (χ4n) is 1.29. The van der Waals surface area contributed by atoms with E-state index in [4.69, 9.17) is 19.9 Å². The van der Waals surface area contributed by atoms with Crippen molar-refractivity contribution in [1.82, 2.24) is 0 Å². The summed E-state index contributed by atoms with van der Waals surface area (Å²) in [6, 6.07) is 7.37. The molecule has 0 aromatic heterocycles. The molecule has 4 nitrogen and oxygen atoms in total. The van der Waals surface area contributed by atoms with Crippen LogP contribution in [-0.2, 0) is 9.47 Å². The van der Waals surface area contributed by atoms with Gasteiger partial charge >= 0.3 is 0 Å². The van der Waals surface area contributed by atoms with Crippen molar-refractivity contribution >= 4 is 5.69 Å². The minimum absolute atomic E-state index is 0.259. The Labute approximate surface area is 88.9 Å². The third kappa shape index (κ3) is 3.11. The van der Waals surface area contributed by atoms with Gasteiger partial charge in [-0.3, -0.25) is 0 Å². The Balaban J connectivity index is 1.64. The molecule has 0 radical (unpaired) electrons. The summed E-state index contributed by atoms with van der Waals surface area (Å²) in [7, 11) is 0. The number of anilines is 1. The van der Waals surface area contributed by atoms with Crippen molar-refractivity contribution in [1.29, 1.82) is 0 Å². The Morgan fingerprint density at radius 1 is 1.33 bits per heavy atom. The Kier molecular flexibility index (Phi) is 3.42. The van der Waals surface area contributed by atoms with Gasteiger partial charge in [-0.05, 0) is 12.1 Å². The minimum Gasteiger partial charge on any atom is -0.491 e. The van der Waals surface area contributed by atoms with Crippen molar-refractivity contribution in [3.05, 3.63) is 24.3 Å². The van der Waals surface area contributed by atoms with Gasteiger partial charge in [-0.25, -0.2) is 0 Å². The molecule has 0 aliphatic carbocycles. The lowest BCUT2D eigenvalue weighted by molar-refractivity contribution is -0.132. The molecule has 0 unspecified atom stereocenters. The van der Waals surface area contributed by atoms with Crippen LogP contribution in [0.2, 0.25) is 0 Å². The maximum Gasteiger partial charge on any atom is 0.121 e. The number of nitrogens with two attached hydrogens (primary N) is 1. The molecule has 1 saturated heterocycles. The number of ether oxygens (including phenoxy) is 3. The summed E-state index contributed by atoms with van der Waals surface area (Å²) in [5.41, 5.74) is 6.32. The van der Waals surface area contributed by atoms with E-state index in [2.05, 4.69) is 0 Å². The van der Waals surface area contributed by atoms with Crippen molar-refractivity contribution in [2.45, 2.75) is 6.10 Å². The first-order valence-corrected chi connectivity index (χ1v) is 5.02. The van der Waals surface area contributed by atoms with Gasteiger partial charge in [0.2, 0.25) is 0 Å². The Morgan fingerprint density at radius 2 is 2.20 bits per heavy atom. The van der Waals surface area contributed by atoms with Crippen molar-refractivity contribution in [2.75, 3.05) is 32.2 Å². The lowest BCUT2D eigenvalue weighted by Crippen LogP contribution is -2.37. The fraction of sp³-hybridized carbons (Fsp3) is 0.455. The van der Waals surface area contributed by atoms with Crippen molar-refractivity contribution < 1.29 is 14.2 Å². The van der Waals surface area contributed by atoms with Crippen molar-refractivity contribution in [3.63, 3.8) is 0 Å². The van der Waals surface area contributed by atoms with Crippen LogP contribution >= 0.6 is 0 Å². The molecule has 2 rings (SSSR count). The highest BCUT2D eigenvalue weighted by Crippen LogP contribution is 2.14. The van der Waals surface area contributed by atoms with E-state index in [1.165, 1.54) is 0 Å². The van der Waals surface area contributed by atoms with Crippen LogP contribution < -0.4 is 10.5 Å². The number of nitrogen functional groups attached to an aromatic ring is 1. The first-order chi connectivity index (χ1) is 7.34. The van der Waals surface area contributed by atoms with Crippen LogP contribution in [0.5, 0.6) is 5.75 Å². The molecule has 1 aliphatic rings. The maximum atomic E-state index is 5.61. The van der Waals surface area contributed by atoms with Gasteiger partial charge in [0, 0.05) is 11.8 Å². The van der Waals surface area contributed by atoms with Crippen molar-refractivity contribution in [3.8, 4) is 5.75 Å². The largest absolute Gasteiger partial charge is 0.491 e. The second-order valence-corrected chi connectivity index (χ2v) is 3.45. The monoisotopic (exact) mass is 209 g/mol. The summed E-state index contributed by atoms with van der Waals surface area (Å²) >= 11 is 0. The number of hydrogen-bond acceptors (Lipinski definition) is 4. The standard InChI is InChI=1S/C11H15NO3/c12-9-2-1-3-10(6-9)14-4-5-15-11-7-13-8-11/h1-3,6,11H,4-5,7-8,12H2. The zero-order valence-electron chi connectivity index (χ0n) is 8.52. The Morgan fingerprint density at radius 3 is 2.87 bits per heavy atom. The van der Waals surface area contributed by atoms with E-state index >= 15 is 0 Å². The van der Waals surface area contributed by atoms with E-state index < -0.39 is 0 Å². The minimum atomic E-state index is 0.259. The molecule has 15 heavy (non-hydrogen) atoms. The molecule has 0 amide bonds. The molecule has 4 heteroatoms. The Bertz CT molecular complexity index is 312. The molecule has 0 spiro atoms. The highest BCUT2D eigenvalue weighted by atomic mass is 16.6. The fourth-order valence-corrected chi connectivity index (χ4v) is 1.29. The predicted molar refractivity (Wildman–Crippen MR) is 56.9 cm³/mol. The first-order valence-electron chi connectivity index (χ1n) is 5.02. The van der Waals surface area contributed by atoms with E-state index in [-0.39, 0.29) is 6.10 Å². The van der Waals surface area contributed by atoms with Gasteiger partial charge in [-0.2, -0.15) is 0 Å². The third-order valence-electron chi connectivity index (χ3n) is 2.17. The highest BCUT2D eigenvalue weighted by molar-refractivity contribution is 5.43. The van der Waals surface area contributed by atoms with Gasteiger partial charge in [-0.1, -0.05) is 6.07 Å². The normalized spacial score (nSPS) is 16.0. The summed E-state index contributed by atoms with van der Waals surface area (Å²) < 4.78 is 15.9. The van der Waals surface area contributed by atoms with E-state index in [0.29, 0.717) is 32.1 Å². The summed E-state index contributed by atoms with van der Waals surface area (Å²) in [6.45, 7) is 2.54. The van der Waals surface area contributed by atoms with Gasteiger partial charge in [0.15, 0.2) is 0 Å². The molecule has 1 aromatic rings. The highest BCUT2D eigenvalue weighted by Gasteiger charge is 2.18. The quantitative estimate of drug-likeness (QED) is 0.582. The number of hydrogen-bond donors (Lipinski definition) is 1. The molecule has 1 heterocycles. The van der Waals surface area contributed by atoms with E-state index in [1.807, 2.05) is 18.2 Å². The van der Waals surface area contributed by atoms with Crippen LogP contribution in [0.25, 0.3) is 0 Å². The first kappa shape index (κ1) is 10.3. The second-order valence-electron chi connectivity index (χ2n) is 3.45. The second kappa shape index (κ2) is 5.00. The average molecular weight is 209 g/mol. The van der Waals surface area contributed by atoms with Crippen LogP contribution in [0, 0.1) is 0 Å². The molecule has 1 aliphatic heterocycles. The molecule has 2 N–H and O–H groups in total. The molecular formula is C11H15NO3. The van der Waals surface area contributed by atoms with E-state index in [9.17, 15) is 0 Å². The average Bonchev–Trinajstić information content (AvgIpc) is 2.15. The van der Waals surface area contributed by atoms with Crippen molar-refractivity contribution in [2.24, 2.45) is 0 Å². The van der Waals surface area contributed by atoms with Crippen LogP contribution in [0.15, 0.2) is 24.3 Å². The van der Waals surface area contributed by atoms with Gasteiger partial charge in [-0.15, -0.1) is 0 Å². The zero-order valence-corrected chi connectivity index (χ0v) is 8.52. The lowest BCUT2D eigenvalue weighted by atomic mass is 10.3. The smallest absolute Gasteiger partial charge is 0.121 e. The molecule has 1 fully saturated rings. The summed E-state index contributed by atoms with van der Waals surface area (Å²) in [5.74, 6) is 0.781. The maximum absolute atomic E-state index is 5.61. The van der Waals surface area contributed by atoms with Crippen LogP contribution in [-0.4, -0.2) is 32.5 Å². The molecule has 0 saturated carbocycles. The molecule has 82 valence electrons. The number of rotatable bonds is 5. The van der Waals surface area contributed by atoms with E-state index in [1.54, 1.807) is 6.07 Å². The zero-order chi connectivity index (χ0) is 10.5. The summed E-state index contributed by atoms with van der Waals surface area (Å²) in [4.78, 5) is 0.